The van der Waals surface area contributed by atoms with E-state index in [1.165, 1.54) is 12.0 Å². The molecule has 3 rings (SSSR count). The quantitative estimate of drug-likeness (QED) is 0.587. The Hall–Kier alpha value is -2.83. The first-order valence-corrected chi connectivity index (χ1v) is 9.07. The van der Waals surface area contributed by atoms with E-state index in [1.54, 1.807) is 25.3 Å². The number of amides is 3. The minimum atomic E-state index is -0.222. The molecule has 1 aromatic rings. The van der Waals surface area contributed by atoms with E-state index >= 15 is 0 Å². The lowest BCUT2D eigenvalue weighted by molar-refractivity contribution is -0.140. The molecule has 1 N–H and O–H groups in total. The van der Waals surface area contributed by atoms with Crippen LogP contribution in [0.1, 0.15) is 25.7 Å². The first-order valence-electron chi connectivity index (χ1n) is 9.07. The zero-order valence-corrected chi connectivity index (χ0v) is 15.6. The molecule has 1 saturated heterocycles. The lowest BCUT2D eigenvalue weighted by Crippen LogP contribution is -2.32. The standard InChI is InChI=1S/C20H24N2O5/c1-26-13-9-10-16(17(12-13)27-2)21-18(23)8-5-11-22-19(24)14-6-3-4-7-15(14)20(22)25/h3-4,9-10,12,14-15H,5-8,11H2,1-2H3,(H,21,23)/t14-,15+. The number of carbonyl (C=O) groups excluding carboxylic acids is 3. The number of allylic oxidation sites excluding steroid dienone is 2. The molecule has 0 bridgehead atoms. The van der Waals surface area contributed by atoms with Crippen molar-refractivity contribution in [3.63, 3.8) is 0 Å². The molecular weight excluding hydrogens is 348 g/mol. The maximum absolute atomic E-state index is 12.4. The van der Waals surface area contributed by atoms with Crippen LogP contribution in [0.4, 0.5) is 5.69 Å². The summed E-state index contributed by atoms with van der Waals surface area (Å²) < 4.78 is 10.4. The van der Waals surface area contributed by atoms with E-state index in [1.807, 2.05) is 12.2 Å². The molecule has 7 nitrogen and oxygen atoms in total. The number of hydrogen-bond donors (Lipinski definition) is 1. The Bertz CT molecular complexity index is 748. The van der Waals surface area contributed by atoms with Gasteiger partial charge in [-0.3, -0.25) is 19.3 Å². The van der Waals surface area contributed by atoms with Gasteiger partial charge < -0.3 is 14.8 Å². The highest BCUT2D eigenvalue weighted by Gasteiger charge is 2.46. The van der Waals surface area contributed by atoms with Gasteiger partial charge in [0.15, 0.2) is 0 Å². The van der Waals surface area contributed by atoms with Gasteiger partial charge in [-0.15, -0.1) is 0 Å². The topological polar surface area (TPSA) is 84.9 Å². The van der Waals surface area contributed by atoms with Crippen LogP contribution in [0.25, 0.3) is 0 Å². The van der Waals surface area contributed by atoms with Gasteiger partial charge in [-0.05, 0) is 31.4 Å². The summed E-state index contributed by atoms with van der Waals surface area (Å²) in [7, 11) is 3.07. The van der Waals surface area contributed by atoms with Crippen molar-refractivity contribution in [3.8, 4) is 11.5 Å². The van der Waals surface area contributed by atoms with Crippen LogP contribution < -0.4 is 14.8 Å². The molecule has 1 aliphatic carbocycles. The van der Waals surface area contributed by atoms with Crippen LogP contribution in [0.2, 0.25) is 0 Å². The lowest BCUT2D eigenvalue weighted by Gasteiger charge is -2.15. The molecule has 0 aromatic heterocycles. The first-order chi connectivity index (χ1) is 13.0. The minimum Gasteiger partial charge on any atom is -0.497 e. The van der Waals surface area contributed by atoms with Crippen LogP contribution in [0, 0.1) is 11.8 Å². The number of anilines is 1. The van der Waals surface area contributed by atoms with Crippen LogP contribution in [0.15, 0.2) is 30.4 Å². The summed E-state index contributed by atoms with van der Waals surface area (Å²) in [5, 5.41) is 2.79. The molecule has 0 unspecified atom stereocenters. The molecule has 1 aliphatic heterocycles. The van der Waals surface area contributed by atoms with Gasteiger partial charge in [-0.2, -0.15) is 0 Å². The number of likely N-dealkylation sites (tertiary alicyclic amines) is 1. The summed E-state index contributed by atoms with van der Waals surface area (Å²) in [5.41, 5.74) is 0.550. The Morgan fingerprint density at radius 2 is 1.78 bits per heavy atom. The second-order valence-electron chi connectivity index (χ2n) is 6.70. The third-order valence-electron chi connectivity index (χ3n) is 5.07. The van der Waals surface area contributed by atoms with Gasteiger partial charge in [0.2, 0.25) is 17.7 Å². The molecule has 1 fully saturated rings. The Morgan fingerprint density at radius 3 is 2.37 bits per heavy atom. The summed E-state index contributed by atoms with van der Waals surface area (Å²) >= 11 is 0. The minimum absolute atomic E-state index is 0.105. The lowest BCUT2D eigenvalue weighted by atomic mass is 9.85. The fraction of sp³-hybridized carbons (Fsp3) is 0.450. The number of nitrogens with zero attached hydrogens (tertiary/aromatic N) is 1. The Labute approximate surface area is 158 Å². The first kappa shape index (κ1) is 18.9. The maximum atomic E-state index is 12.4. The van der Waals surface area contributed by atoms with Gasteiger partial charge in [0.25, 0.3) is 0 Å². The average Bonchev–Trinajstić information content (AvgIpc) is 2.93. The largest absolute Gasteiger partial charge is 0.497 e. The van der Waals surface area contributed by atoms with Crippen molar-refractivity contribution in [2.24, 2.45) is 11.8 Å². The van der Waals surface area contributed by atoms with Crippen molar-refractivity contribution in [2.45, 2.75) is 25.7 Å². The fourth-order valence-corrected chi connectivity index (χ4v) is 3.60. The van der Waals surface area contributed by atoms with Crippen molar-refractivity contribution in [1.82, 2.24) is 4.90 Å². The number of carbonyl (C=O) groups is 3. The monoisotopic (exact) mass is 372 g/mol. The van der Waals surface area contributed by atoms with E-state index in [2.05, 4.69) is 5.32 Å². The zero-order chi connectivity index (χ0) is 19.4. The van der Waals surface area contributed by atoms with Crippen LogP contribution >= 0.6 is 0 Å². The highest BCUT2D eigenvalue weighted by Crippen LogP contribution is 2.35. The molecule has 0 saturated carbocycles. The van der Waals surface area contributed by atoms with Gasteiger partial charge in [0.05, 0.1) is 31.7 Å². The Morgan fingerprint density at radius 1 is 1.11 bits per heavy atom. The zero-order valence-electron chi connectivity index (χ0n) is 15.6. The van der Waals surface area contributed by atoms with Gasteiger partial charge in [-0.25, -0.2) is 0 Å². The highest BCUT2D eigenvalue weighted by molar-refractivity contribution is 6.05. The molecule has 144 valence electrons. The van der Waals surface area contributed by atoms with E-state index in [4.69, 9.17) is 9.47 Å². The predicted octanol–water partition coefficient (Wildman–Crippen LogP) is 2.37. The fourth-order valence-electron chi connectivity index (χ4n) is 3.60. The summed E-state index contributed by atoms with van der Waals surface area (Å²) in [6.45, 7) is 0.276. The van der Waals surface area contributed by atoms with Gasteiger partial charge >= 0.3 is 0 Å². The van der Waals surface area contributed by atoms with Crippen LogP contribution in [0.5, 0.6) is 11.5 Å². The molecule has 7 heteroatoms. The van der Waals surface area contributed by atoms with Crippen molar-refractivity contribution in [2.75, 3.05) is 26.1 Å². The highest BCUT2D eigenvalue weighted by atomic mass is 16.5. The smallest absolute Gasteiger partial charge is 0.233 e. The van der Waals surface area contributed by atoms with Crippen LogP contribution in [0.3, 0.4) is 0 Å². The number of hydrogen-bond acceptors (Lipinski definition) is 5. The van der Waals surface area contributed by atoms with Crippen molar-refractivity contribution < 1.29 is 23.9 Å². The van der Waals surface area contributed by atoms with Gasteiger partial charge in [-0.1, -0.05) is 12.2 Å². The number of ether oxygens (including phenoxy) is 2. The molecule has 3 amide bonds. The summed E-state index contributed by atoms with van der Waals surface area (Å²) in [6, 6.07) is 5.13. The molecular formula is C20H24N2O5. The normalized spacial score (nSPS) is 21.2. The third kappa shape index (κ3) is 3.97. The van der Waals surface area contributed by atoms with E-state index in [0.29, 0.717) is 36.4 Å². The van der Waals surface area contributed by atoms with Crippen molar-refractivity contribution in [1.29, 1.82) is 0 Å². The summed E-state index contributed by atoms with van der Waals surface area (Å²) in [6.07, 6.45) is 5.82. The van der Waals surface area contributed by atoms with E-state index in [0.717, 1.165) is 0 Å². The van der Waals surface area contributed by atoms with Crippen molar-refractivity contribution in [3.05, 3.63) is 30.4 Å². The molecule has 0 radical (unpaired) electrons. The van der Waals surface area contributed by atoms with E-state index in [-0.39, 0.29) is 42.5 Å². The third-order valence-corrected chi connectivity index (χ3v) is 5.07. The second kappa shape index (κ2) is 8.24. The molecule has 2 atom stereocenters. The number of fused-ring (bicyclic) bond motifs is 1. The number of imide groups is 1. The number of benzene rings is 1. The summed E-state index contributed by atoms with van der Waals surface area (Å²) in [5.74, 6) is 0.283. The van der Waals surface area contributed by atoms with Gasteiger partial charge in [0, 0.05) is 19.0 Å². The average molecular weight is 372 g/mol. The van der Waals surface area contributed by atoms with Crippen LogP contribution in [-0.4, -0.2) is 43.4 Å². The number of nitrogens with one attached hydrogen (secondary N) is 1. The Balaban J connectivity index is 1.52. The van der Waals surface area contributed by atoms with Gasteiger partial charge in [0.1, 0.15) is 11.5 Å². The Kier molecular flexibility index (Phi) is 5.78. The maximum Gasteiger partial charge on any atom is 0.233 e. The molecule has 2 aliphatic rings. The van der Waals surface area contributed by atoms with E-state index < -0.39 is 0 Å². The molecule has 0 spiro atoms. The van der Waals surface area contributed by atoms with E-state index in [9.17, 15) is 14.4 Å². The SMILES string of the molecule is COc1ccc(NC(=O)CCCN2C(=O)[C@H]3CC=CC[C@H]3C2=O)c(OC)c1. The predicted molar refractivity (Wildman–Crippen MR) is 99.5 cm³/mol. The molecule has 1 heterocycles. The molecule has 27 heavy (non-hydrogen) atoms. The summed E-state index contributed by atoms with van der Waals surface area (Å²) in [4.78, 5) is 38.4. The van der Waals surface area contributed by atoms with Crippen molar-refractivity contribution >= 4 is 23.4 Å². The molecule has 1 aromatic carbocycles. The number of rotatable bonds is 7. The van der Waals surface area contributed by atoms with Crippen LogP contribution in [-0.2, 0) is 14.4 Å². The number of methoxy groups -OCH3 is 2. The second-order valence-corrected chi connectivity index (χ2v) is 6.70.